The summed E-state index contributed by atoms with van der Waals surface area (Å²) in [6.45, 7) is 4.32. The molecule has 0 fully saturated rings. The second-order valence-electron chi connectivity index (χ2n) is 7.30. The first-order valence-corrected chi connectivity index (χ1v) is 12.7. The first kappa shape index (κ1) is 28.1. The van der Waals surface area contributed by atoms with E-state index in [1.807, 2.05) is 0 Å². The quantitative estimate of drug-likeness (QED) is 0.185. The Morgan fingerprint density at radius 3 is 1.23 bits per heavy atom. The SMILES string of the molecule is CCCCCCCCCCCCCCPCCCCCC.NCC(=O)O. The lowest BCUT2D eigenvalue weighted by molar-refractivity contribution is -0.135. The Morgan fingerprint density at radius 1 is 0.654 bits per heavy atom. The summed E-state index contributed by atoms with van der Waals surface area (Å²) in [7, 11) is 1.26. The van der Waals surface area contributed by atoms with E-state index in [0.29, 0.717) is 0 Å². The summed E-state index contributed by atoms with van der Waals surface area (Å²) >= 11 is 0. The van der Waals surface area contributed by atoms with Crippen LogP contribution < -0.4 is 5.73 Å². The summed E-state index contributed by atoms with van der Waals surface area (Å²) in [5.41, 5.74) is 4.57. The van der Waals surface area contributed by atoms with Gasteiger partial charge in [-0.15, -0.1) is 8.58 Å². The van der Waals surface area contributed by atoms with Crippen molar-refractivity contribution in [2.24, 2.45) is 5.73 Å². The van der Waals surface area contributed by atoms with Gasteiger partial charge in [-0.1, -0.05) is 104 Å². The highest BCUT2D eigenvalue weighted by molar-refractivity contribution is 7.37. The van der Waals surface area contributed by atoms with E-state index in [4.69, 9.17) is 5.11 Å². The molecule has 0 radical (unpaired) electrons. The fourth-order valence-corrected chi connectivity index (χ4v) is 4.14. The summed E-state index contributed by atoms with van der Waals surface area (Å²) in [4.78, 5) is 9.24. The van der Waals surface area contributed by atoms with Crippen LogP contribution in [-0.2, 0) is 4.79 Å². The van der Waals surface area contributed by atoms with Crippen molar-refractivity contribution in [2.45, 2.75) is 117 Å². The maximum absolute atomic E-state index is 9.24. The van der Waals surface area contributed by atoms with E-state index in [-0.39, 0.29) is 6.54 Å². The number of carbonyl (C=O) groups is 1. The van der Waals surface area contributed by atoms with Gasteiger partial charge >= 0.3 is 5.97 Å². The van der Waals surface area contributed by atoms with E-state index in [9.17, 15) is 4.79 Å². The van der Waals surface area contributed by atoms with Crippen molar-refractivity contribution >= 4 is 14.6 Å². The van der Waals surface area contributed by atoms with Crippen LogP contribution in [0.5, 0.6) is 0 Å². The monoisotopic (exact) mass is 389 g/mol. The van der Waals surface area contributed by atoms with Gasteiger partial charge in [-0.05, 0) is 25.2 Å². The lowest BCUT2D eigenvalue weighted by Gasteiger charge is -2.03. The van der Waals surface area contributed by atoms with E-state index < -0.39 is 5.97 Å². The predicted octanol–water partition coefficient (Wildman–Crippen LogP) is 6.98. The third-order valence-corrected chi connectivity index (χ3v) is 6.00. The van der Waals surface area contributed by atoms with Crippen LogP contribution in [-0.4, -0.2) is 29.9 Å². The molecule has 0 rings (SSSR count). The van der Waals surface area contributed by atoms with Gasteiger partial charge in [0.15, 0.2) is 0 Å². The number of carboxylic acid groups (broad SMARTS) is 1. The minimum atomic E-state index is -0.968. The third kappa shape index (κ3) is 31.6. The molecule has 0 amide bonds. The maximum atomic E-state index is 9.24. The fraction of sp³-hybridized carbons (Fsp3) is 0.955. The van der Waals surface area contributed by atoms with Crippen LogP contribution in [0.4, 0.5) is 0 Å². The average molecular weight is 390 g/mol. The van der Waals surface area contributed by atoms with Gasteiger partial charge in [-0.2, -0.15) is 0 Å². The van der Waals surface area contributed by atoms with Crippen LogP contribution in [0.1, 0.15) is 117 Å². The number of hydrogen-bond acceptors (Lipinski definition) is 2. The Morgan fingerprint density at radius 2 is 0.923 bits per heavy atom. The molecule has 3 N–H and O–H groups in total. The second kappa shape index (κ2) is 27.1. The Bertz CT molecular complexity index is 245. The fourth-order valence-electron chi connectivity index (χ4n) is 2.89. The van der Waals surface area contributed by atoms with Gasteiger partial charge in [-0.3, -0.25) is 4.79 Å². The summed E-state index contributed by atoms with van der Waals surface area (Å²) in [5.74, 6) is -0.968. The van der Waals surface area contributed by atoms with Crippen molar-refractivity contribution in [2.75, 3.05) is 18.9 Å². The zero-order chi connectivity index (χ0) is 19.7. The summed E-state index contributed by atoms with van der Waals surface area (Å²) in [6, 6.07) is 0. The average Bonchev–Trinajstić information content (AvgIpc) is 2.64. The highest BCUT2D eigenvalue weighted by Gasteiger charge is 1.94. The molecule has 0 aromatic rings. The largest absolute Gasteiger partial charge is 0.480 e. The maximum Gasteiger partial charge on any atom is 0.317 e. The number of aliphatic carboxylic acids is 1. The van der Waals surface area contributed by atoms with Gasteiger partial charge in [0.1, 0.15) is 0 Å². The molecule has 3 nitrogen and oxygen atoms in total. The van der Waals surface area contributed by atoms with Crippen molar-refractivity contribution in [3.8, 4) is 0 Å². The molecule has 0 saturated carbocycles. The molecule has 1 atom stereocenters. The molecular formula is C22H48NO2P. The number of carboxylic acids is 1. The smallest absolute Gasteiger partial charge is 0.317 e. The molecule has 1 unspecified atom stereocenters. The highest BCUT2D eigenvalue weighted by atomic mass is 31.1. The van der Waals surface area contributed by atoms with E-state index in [1.165, 1.54) is 124 Å². The number of rotatable bonds is 19. The van der Waals surface area contributed by atoms with Gasteiger partial charge in [0.25, 0.3) is 0 Å². The van der Waals surface area contributed by atoms with Gasteiger partial charge in [-0.25, -0.2) is 0 Å². The molecule has 4 heteroatoms. The zero-order valence-electron chi connectivity index (χ0n) is 17.9. The zero-order valence-corrected chi connectivity index (χ0v) is 18.9. The molecule has 0 saturated heterocycles. The van der Waals surface area contributed by atoms with E-state index in [2.05, 4.69) is 19.6 Å². The second-order valence-corrected chi connectivity index (χ2v) is 8.80. The Labute approximate surface area is 166 Å². The van der Waals surface area contributed by atoms with Gasteiger partial charge in [0.05, 0.1) is 6.54 Å². The molecule has 0 aromatic heterocycles. The number of nitrogens with two attached hydrogens (primary N) is 1. The summed E-state index contributed by atoms with van der Waals surface area (Å²) < 4.78 is 0. The van der Waals surface area contributed by atoms with Crippen LogP contribution in [0, 0.1) is 0 Å². The van der Waals surface area contributed by atoms with Crippen molar-refractivity contribution in [1.82, 2.24) is 0 Å². The van der Waals surface area contributed by atoms with Gasteiger partial charge in [0, 0.05) is 0 Å². The van der Waals surface area contributed by atoms with Gasteiger partial charge in [0.2, 0.25) is 0 Å². The predicted molar refractivity (Wildman–Crippen MR) is 120 cm³/mol. The third-order valence-electron chi connectivity index (χ3n) is 4.59. The van der Waals surface area contributed by atoms with Crippen molar-refractivity contribution in [1.29, 1.82) is 0 Å². The van der Waals surface area contributed by atoms with Crippen molar-refractivity contribution < 1.29 is 9.90 Å². The number of hydrogen-bond donors (Lipinski definition) is 2. The standard InChI is InChI=1S/C20H43P.C2H5NO2/c1-3-5-7-9-10-11-12-13-14-15-16-18-20-21-19-17-8-6-4-2;3-1-2(4)5/h21H,3-20H2,1-2H3;1,3H2,(H,4,5). The molecule has 158 valence electrons. The molecule has 0 spiro atoms. The van der Waals surface area contributed by atoms with Crippen LogP contribution in [0.3, 0.4) is 0 Å². The Kier molecular flexibility index (Phi) is 29.2. The molecular weight excluding hydrogens is 341 g/mol. The van der Waals surface area contributed by atoms with Gasteiger partial charge < -0.3 is 10.8 Å². The summed E-state index contributed by atoms with van der Waals surface area (Å²) in [6.07, 6.45) is 26.5. The van der Waals surface area contributed by atoms with Crippen molar-refractivity contribution in [3.63, 3.8) is 0 Å². The van der Waals surface area contributed by atoms with Crippen LogP contribution in [0.2, 0.25) is 0 Å². The molecule has 0 aromatic carbocycles. The summed E-state index contributed by atoms with van der Waals surface area (Å²) in [5, 5.41) is 7.60. The molecule has 0 aliphatic heterocycles. The van der Waals surface area contributed by atoms with E-state index in [0.717, 1.165) is 0 Å². The Balaban J connectivity index is 0. The molecule has 0 heterocycles. The topological polar surface area (TPSA) is 63.3 Å². The first-order valence-electron chi connectivity index (χ1n) is 11.3. The first-order chi connectivity index (χ1) is 12.7. The lowest BCUT2D eigenvalue weighted by Crippen LogP contribution is -2.10. The highest BCUT2D eigenvalue weighted by Crippen LogP contribution is 2.18. The Hall–Kier alpha value is -0.140. The van der Waals surface area contributed by atoms with E-state index >= 15 is 0 Å². The number of unbranched alkanes of at least 4 members (excludes halogenated alkanes) is 14. The lowest BCUT2D eigenvalue weighted by atomic mass is 10.1. The molecule has 0 bridgehead atoms. The van der Waals surface area contributed by atoms with Crippen LogP contribution in [0.15, 0.2) is 0 Å². The molecule has 26 heavy (non-hydrogen) atoms. The normalized spacial score (nSPS) is 10.9. The minimum Gasteiger partial charge on any atom is -0.480 e. The van der Waals surface area contributed by atoms with Crippen molar-refractivity contribution in [3.05, 3.63) is 0 Å². The van der Waals surface area contributed by atoms with Crippen LogP contribution in [0.25, 0.3) is 0 Å². The minimum absolute atomic E-state index is 0.278. The molecule has 0 aliphatic carbocycles. The van der Waals surface area contributed by atoms with Crippen LogP contribution >= 0.6 is 8.58 Å². The molecule has 0 aliphatic rings. The van der Waals surface area contributed by atoms with E-state index in [1.54, 1.807) is 0 Å².